The molecule has 0 radical (unpaired) electrons. The molecule has 0 aliphatic carbocycles. The van der Waals surface area contributed by atoms with Crippen LogP contribution in [0.2, 0.25) is 0 Å². The Morgan fingerprint density at radius 3 is 2.54 bits per heavy atom. The van der Waals surface area contributed by atoms with Crippen LogP contribution < -0.4 is 0 Å². The normalized spacial score (nSPS) is 12.3. The van der Waals surface area contributed by atoms with Gasteiger partial charge in [-0.15, -0.1) is 0 Å². The quantitative estimate of drug-likeness (QED) is 0.686. The average Bonchev–Trinajstić information content (AvgIpc) is 3.25. The van der Waals surface area contributed by atoms with Crippen LogP contribution in [0.25, 0.3) is 23.0 Å². The average molecular weight is 380 g/mol. The van der Waals surface area contributed by atoms with Crippen molar-refractivity contribution in [2.75, 3.05) is 0 Å². The summed E-state index contributed by atoms with van der Waals surface area (Å²) in [6.07, 6.45) is -3.43. The van der Waals surface area contributed by atoms with Gasteiger partial charge in [0.25, 0.3) is 5.89 Å². The summed E-state index contributed by atoms with van der Waals surface area (Å²) in [4.78, 5) is 15.3. The van der Waals surface area contributed by atoms with Gasteiger partial charge in [-0.3, -0.25) is 4.79 Å². The summed E-state index contributed by atoms with van der Waals surface area (Å²) in [7, 11) is 0. The molecule has 2 aromatic heterocycles. The van der Waals surface area contributed by atoms with Gasteiger partial charge in [0.05, 0.1) is 12.0 Å². The molecule has 3 rings (SSSR count). The Hall–Kier alpha value is -2.94. The van der Waals surface area contributed by atoms with Gasteiger partial charge in [0.2, 0.25) is 5.82 Å². The van der Waals surface area contributed by atoms with Gasteiger partial charge in [-0.1, -0.05) is 17.3 Å². The zero-order valence-corrected chi connectivity index (χ0v) is 13.8. The Balaban J connectivity index is 1.93. The first kappa shape index (κ1) is 17.9. The summed E-state index contributed by atoms with van der Waals surface area (Å²) < 4.78 is 43.0. The fraction of sp³-hybridized carbons (Fsp3) is 0.118. The molecule has 0 unspecified atom stereocenters. The fourth-order valence-electron chi connectivity index (χ4n) is 2.18. The summed E-state index contributed by atoms with van der Waals surface area (Å²) in [5.41, 5.74) is 0.539. The van der Waals surface area contributed by atoms with Crippen LogP contribution in [-0.4, -0.2) is 21.2 Å². The number of nitrogens with zero attached hydrogens (tertiary/aromatic N) is 2. The molecule has 26 heavy (non-hydrogen) atoms. The van der Waals surface area contributed by atoms with E-state index < -0.39 is 24.1 Å². The Labute approximate surface area is 149 Å². The van der Waals surface area contributed by atoms with Crippen LogP contribution in [0, 0.1) is 0 Å². The van der Waals surface area contributed by atoms with Gasteiger partial charge in [-0.25, -0.2) is 0 Å². The second kappa shape index (κ2) is 7.12. The third-order valence-electron chi connectivity index (χ3n) is 3.40. The van der Waals surface area contributed by atoms with E-state index in [0.29, 0.717) is 11.4 Å². The lowest BCUT2D eigenvalue weighted by Crippen LogP contribution is -2.04. The summed E-state index contributed by atoms with van der Waals surface area (Å²) in [5.74, 6) is -0.808. The first-order valence-corrected chi connectivity index (χ1v) is 8.23. The Morgan fingerprint density at radius 1 is 1.23 bits per heavy atom. The van der Waals surface area contributed by atoms with Crippen molar-refractivity contribution >= 4 is 29.0 Å². The maximum atomic E-state index is 12.6. The number of carboxylic acids is 1. The van der Waals surface area contributed by atoms with E-state index in [1.165, 1.54) is 29.5 Å². The highest BCUT2D eigenvalue weighted by atomic mass is 32.1. The minimum atomic E-state index is -4.44. The van der Waals surface area contributed by atoms with Crippen molar-refractivity contribution in [2.45, 2.75) is 12.6 Å². The second-order valence-corrected chi connectivity index (χ2v) is 6.08. The zero-order chi connectivity index (χ0) is 18.7. The lowest BCUT2D eigenvalue weighted by molar-refractivity contribution is -0.138. The molecule has 0 bridgehead atoms. The molecule has 1 aromatic carbocycles. The van der Waals surface area contributed by atoms with Gasteiger partial charge in [0, 0.05) is 16.5 Å². The maximum absolute atomic E-state index is 12.6. The van der Waals surface area contributed by atoms with Crippen molar-refractivity contribution in [1.82, 2.24) is 10.1 Å². The lowest BCUT2D eigenvalue weighted by Gasteiger charge is -2.06. The monoisotopic (exact) mass is 380 g/mol. The second-order valence-electron chi connectivity index (χ2n) is 5.30. The standard InChI is InChI=1S/C17H11F3N2O3S/c18-17(19,20)13-3-1-10(2-4-13)7-12(8-14(23)24)16-21-15(22-25-16)11-5-6-26-9-11/h1-7,9H,8H2,(H,23,24)/b12-7+. The number of aromatic nitrogens is 2. The number of carbonyl (C=O) groups is 1. The van der Waals surface area contributed by atoms with Gasteiger partial charge in [0.15, 0.2) is 0 Å². The molecule has 9 heteroatoms. The smallest absolute Gasteiger partial charge is 0.416 e. The van der Waals surface area contributed by atoms with Gasteiger partial charge in [0.1, 0.15) is 0 Å². The highest BCUT2D eigenvalue weighted by Gasteiger charge is 2.29. The number of halogens is 3. The van der Waals surface area contributed by atoms with E-state index >= 15 is 0 Å². The Morgan fingerprint density at radius 2 is 1.96 bits per heavy atom. The number of carboxylic acid groups (broad SMARTS) is 1. The van der Waals surface area contributed by atoms with Crippen LogP contribution in [0.1, 0.15) is 23.4 Å². The number of aliphatic carboxylic acids is 1. The topological polar surface area (TPSA) is 76.2 Å². The van der Waals surface area contributed by atoms with E-state index in [1.54, 1.807) is 6.07 Å². The third-order valence-corrected chi connectivity index (χ3v) is 4.08. The van der Waals surface area contributed by atoms with Crippen LogP contribution in [0.4, 0.5) is 13.2 Å². The van der Waals surface area contributed by atoms with E-state index in [0.717, 1.165) is 17.7 Å². The van der Waals surface area contributed by atoms with Gasteiger partial charge in [-0.05, 0) is 35.2 Å². The Bertz CT molecular complexity index is 929. The summed E-state index contributed by atoms with van der Waals surface area (Å²) in [6, 6.07) is 6.14. The maximum Gasteiger partial charge on any atom is 0.416 e. The van der Waals surface area contributed by atoms with Crippen molar-refractivity contribution < 1.29 is 27.6 Å². The minimum Gasteiger partial charge on any atom is -0.481 e. The molecular weight excluding hydrogens is 369 g/mol. The largest absolute Gasteiger partial charge is 0.481 e. The predicted molar refractivity (Wildman–Crippen MR) is 89.2 cm³/mol. The highest BCUT2D eigenvalue weighted by Crippen LogP contribution is 2.30. The molecule has 1 N–H and O–H groups in total. The molecule has 5 nitrogen and oxygen atoms in total. The number of hydrogen-bond donors (Lipinski definition) is 1. The van der Waals surface area contributed by atoms with Crippen molar-refractivity contribution in [2.24, 2.45) is 0 Å². The zero-order valence-electron chi connectivity index (χ0n) is 13.0. The lowest BCUT2D eigenvalue weighted by atomic mass is 10.1. The van der Waals surface area contributed by atoms with E-state index in [-0.39, 0.29) is 11.5 Å². The van der Waals surface area contributed by atoms with Gasteiger partial charge in [-0.2, -0.15) is 29.5 Å². The van der Waals surface area contributed by atoms with Crippen molar-refractivity contribution in [3.63, 3.8) is 0 Å². The van der Waals surface area contributed by atoms with Crippen LogP contribution in [-0.2, 0) is 11.0 Å². The third kappa shape index (κ3) is 4.17. The van der Waals surface area contributed by atoms with Crippen LogP contribution in [0.15, 0.2) is 45.6 Å². The van der Waals surface area contributed by atoms with Crippen LogP contribution >= 0.6 is 11.3 Å². The molecular formula is C17H11F3N2O3S. The summed E-state index contributed by atoms with van der Waals surface area (Å²) in [5, 5.41) is 16.5. The molecule has 0 aliphatic heterocycles. The first-order chi connectivity index (χ1) is 12.3. The number of alkyl halides is 3. The molecule has 134 valence electrons. The SMILES string of the molecule is O=C(O)C/C(=C\c1ccc(C(F)(F)F)cc1)c1nc(-c2ccsc2)no1. The summed E-state index contributed by atoms with van der Waals surface area (Å²) >= 11 is 1.45. The molecule has 3 aromatic rings. The number of thiophene rings is 1. The van der Waals surface area contributed by atoms with Crippen molar-refractivity contribution in [3.05, 3.63) is 58.1 Å². The number of benzene rings is 1. The Kier molecular flexibility index (Phi) is 4.90. The fourth-order valence-corrected chi connectivity index (χ4v) is 2.82. The predicted octanol–water partition coefficient (Wildman–Crippen LogP) is 4.83. The molecule has 0 atom stereocenters. The van der Waals surface area contributed by atoms with E-state index in [1.807, 2.05) is 10.8 Å². The van der Waals surface area contributed by atoms with Gasteiger partial charge < -0.3 is 9.63 Å². The minimum absolute atomic E-state index is 0.00787. The molecule has 0 saturated carbocycles. The van der Waals surface area contributed by atoms with E-state index in [4.69, 9.17) is 9.63 Å². The molecule has 2 heterocycles. The van der Waals surface area contributed by atoms with Crippen LogP contribution in [0.3, 0.4) is 0 Å². The van der Waals surface area contributed by atoms with Crippen LogP contribution in [0.5, 0.6) is 0 Å². The van der Waals surface area contributed by atoms with E-state index in [2.05, 4.69) is 10.1 Å². The van der Waals surface area contributed by atoms with E-state index in [9.17, 15) is 18.0 Å². The summed E-state index contributed by atoms with van der Waals surface area (Å²) in [6.45, 7) is 0. The van der Waals surface area contributed by atoms with Gasteiger partial charge >= 0.3 is 12.1 Å². The number of rotatable bonds is 5. The highest BCUT2D eigenvalue weighted by molar-refractivity contribution is 7.08. The molecule has 0 fully saturated rings. The molecule has 0 aliphatic rings. The molecule has 0 saturated heterocycles. The molecule has 0 spiro atoms. The first-order valence-electron chi connectivity index (χ1n) is 7.29. The number of hydrogen-bond acceptors (Lipinski definition) is 5. The van der Waals surface area contributed by atoms with Crippen molar-refractivity contribution in [3.8, 4) is 11.4 Å². The van der Waals surface area contributed by atoms with Crippen molar-refractivity contribution in [1.29, 1.82) is 0 Å². The molecule has 0 amide bonds.